The van der Waals surface area contributed by atoms with Crippen molar-refractivity contribution >= 4 is 18.1 Å². The van der Waals surface area contributed by atoms with Gasteiger partial charge in [0.2, 0.25) is 10.7 Å². The van der Waals surface area contributed by atoms with Crippen molar-refractivity contribution < 1.29 is 4.79 Å². The highest BCUT2D eigenvalue weighted by Crippen LogP contribution is 2.14. The molecule has 1 aliphatic rings. The maximum absolute atomic E-state index is 11.8. The number of nitrogens with zero attached hydrogens (tertiary/aromatic N) is 4. The molecule has 0 aliphatic carbocycles. The molecule has 140 valence electrons. The Kier molecular flexibility index (Phi) is 6.54. The molecule has 8 heteroatoms. The number of carbonyl (C=O) groups excluding carboxylic acids is 1. The highest BCUT2D eigenvalue weighted by atomic mass is 32.1. The molecule has 1 aromatic heterocycles. The van der Waals surface area contributed by atoms with E-state index in [2.05, 4.69) is 32.1 Å². The molecular formula is C18H26N6OS. The van der Waals surface area contributed by atoms with E-state index < -0.39 is 0 Å². The number of amides is 1. The van der Waals surface area contributed by atoms with Gasteiger partial charge in [0.25, 0.3) is 0 Å². The van der Waals surface area contributed by atoms with E-state index in [1.807, 2.05) is 35.0 Å². The number of hydrogen-bond donors (Lipinski definition) is 2. The number of piperazine rings is 1. The quantitative estimate of drug-likeness (QED) is 0.722. The second-order valence-electron chi connectivity index (χ2n) is 6.53. The zero-order valence-corrected chi connectivity index (χ0v) is 16.0. The topological polar surface area (TPSA) is 69.2 Å². The summed E-state index contributed by atoms with van der Waals surface area (Å²) in [5, 5.41) is 6.22. The van der Waals surface area contributed by atoms with Gasteiger partial charge in [-0.15, -0.1) is 0 Å². The molecule has 2 aromatic rings. The van der Waals surface area contributed by atoms with Gasteiger partial charge in [0, 0.05) is 38.3 Å². The SMILES string of the molecule is CCCNC(=O)CN1CCN(Cn2[nH]c(-c3ccccc3)nc2=S)CC1. The van der Waals surface area contributed by atoms with Gasteiger partial charge in [0.15, 0.2) is 5.82 Å². The largest absolute Gasteiger partial charge is 0.355 e. The molecule has 1 fully saturated rings. The minimum Gasteiger partial charge on any atom is -0.355 e. The summed E-state index contributed by atoms with van der Waals surface area (Å²) in [6, 6.07) is 9.99. The van der Waals surface area contributed by atoms with Crippen LogP contribution in [0.25, 0.3) is 11.4 Å². The van der Waals surface area contributed by atoms with Crippen LogP contribution in [0.4, 0.5) is 0 Å². The first-order valence-corrected chi connectivity index (χ1v) is 9.50. The first kappa shape index (κ1) is 18.8. The summed E-state index contributed by atoms with van der Waals surface area (Å²) < 4.78 is 2.46. The Balaban J connectivity index is 1.51. The number of H-pyrrole nitrogens is 1. The summed E-state index contributed by atoms with van der Waals surface area (Å²) in [4.78, 5) is 20.8. The molecule has 0 bridgehead atoms. The van der Waals surface area contributed by atoms with E-state index in [1.165, 1.54) is 0 Å². The van der Waals surface area contributed by atoms with Gasteiger partial charge < -0.3 is 5.32 Å². The predicted octanol–water partition coefficient (Wildman–Crippen LogP) is 1.71. The van der Waals surface area contributed by atoms with E-state index in [4.69, 9.17) is 12.2 Å². The molecule has 0 spiro atoms. The lowest BCUT2D eigenvalue weighted by atomic mass is 10.2. The molecule has 0 saturated carbocycles. The fraction of sp³-hybridized carbons (Fsp3) is 0.500. The van der Waals surface area contributed by atoms with Crippen molar-refractivity contribution in [2.75, 3.05) is 39.3 Å². The van der Waals surface area contributed by atoms with E-state index in [9.17, 15) is 4.79 Å². The normalized spacial score (nSPS) is 15.9. The Hall–Kier alpha value is -2.03. The maximum Gasteiger partial charge on any atom is 0.234 e. The maximum atomic E-state index is 11.8. The summed E-state index contributed by atoms with van der Waals surface area (Å²) in [6.07, 6.45) is 0.968. The molecule has 7 nitrogen and oxygen atoms in total. The Morgan fingerprint density at radius 2 is 1.88 bits per heavy atom. The van der Waals surface area contributed by atoms with Crippen LogP contribution in [0.2, 0.25) is 0 Å². The first-order valence-electron chi connectivity index (χ1n) is 9.09. The average Bonchev–Trinajstić information content (AvgIpc) is 3.03. The van der Waals surface area contributed by atoms with Crippen LogP contribution in [0.1, 0.15) is 13.3 Å². The van der Waals surface area contributed by atoms with Crippen molar-refractivity contribution in [1.29, 1.82) is 0 Å². The average molecular weight is 375 g/mol. The van der Waals surface area contributed by atoms with Crippen molar-refractivity contribution in [2.24, 2.45) is 0 Å². The van der Waals surface area contributed by atoms with E-state index in [-0.39, 0.29) is 5.91 Å². The molecule has 0 radical (unpaired) electrons. The van der Waals surface area contributed by atoms with Gasteiger partial charge in [-0.25, -0.2) is 4.68 Å². The third-order valence-corrected chi connectivity index (χ3v) is 4.78. The van der Waals surface area contributed by atoms with Crippen LogP contribution in [-0.2, 0) is 11.5 Å². The second kappa shape index (κ2) is 9.07. The monoisotopic (exact) mass is 374 g/mol. The third kappa shape index (κ3) is 5.00. The minimum atomic E-state index is 0.114. The Bertz CT molecular complexity index is 763. The lowest BCUT2D eigenvalue weighted by molar-refractivity contribution is -0.122. The molecule has 2 N–H and O–H groups in total. The van der Waals surface area contributed by atoms with Crippen LogP contribution in [-0.4, -0.2) is 69.7 Å². The Morgan fingerprint density at radius 1 is 1.19 bits per heavy atom. The van der Waals surface area contributed by atoms with Gasteiger partial charge in [-0.05, 0) is 18.6 Å². The molecular weight excluding hydrogens is 348 g/mol. The lowest BCUT2D eigenvalue weighted by Crippen LogP contribution is -2.49. The standard InChI is InChI=1S/C18H26N6OS/c1-2-8-19-16(25)13-22-9-11-23(12-10-22)14-24-18(26)20-17(21-24)15-6-4-3-5-7-15/h3-7H,2,8-14H2,1H3,(H,19,25)(H,20,21,26). The summed E-state index contributed by atoms with van der Waals surface area (Å²) in [5.41, 5.74) is 1.03. The van der Waals surface area contributed by atoms with Gasteiger partial charge in [0.1, 0.15) is 0 Å². The highest BCUT2D eigenvalue weighted by molar-refractivity contribution is 7.71. The minimum absolute atomic E-state index is 0.114. The Morgan fingerprint density at radius 3 is 2.58 bits per heavy atom. The summed E-state index contributed by atoms with van der Waals surface area (Å²) in [7, 11) is 0. The summed E-state index contributed by atoms with van der Waals surface area (Å²) >= 11 is 5.39. The van der Waals surface area contributed by atoms with E-state index in [0.29, 0.717) is 18.0 Å². The zero-order chi connectivity index (χ0) is 18.4. The predicted molar refractivity (Wildman–Crippen MR) is 104 cm³/mol. The molecule has 1 aromatic carbocycles. The molecule has 0 unspecified atom stereocenters. The van der Waals surface area contributed by atoms with Crippen molar-refractivity contribution in [3.05, 3.63) is 35.1 Å². The van der Waals surface area contributed by atoms with Gasteiger partial charge >= 0.3 is 0 Å². The van der Waals surface area contributed by atoms with E-state index in [0.717, 1.165) is 50.5 Å². The second-order valence-corrected chi connectivity index (χ2v) is 6.90. The number of rotatable bonds is 7. The molecule has 3 rings (SSSR count). The third-order valence-electron chi connectivity index (χ3n) is 4.47. The number of aromatic nitrogens is 3. The Labute approximate surface area is 159 Å². The van der Waals surface area contributed by atoms with Crippen LogP contribution in [0.3, 0.4) is 0 Å². The van der Waals surface area contributed by atoms with E-state index in [1.54, 1.807) is 0 Å². The number of nitrogens with one attached hydrogen (secondary N) is 2. The van der Waals surface area contributed by atoms with Crippen molar-refractivity contribution in [3.8, 4) is 11.4 Å². The molecule has 0 atom stereocenters. The van der Waals surface area contributed by atoms with Gasteiger partial charge in [-0.1, -0.05) is 37.3 Å². The van der Waals surface area contributed by atoms with Crippen molar-refractivity contribution in [1.82, 2.24) is 29.9 Å². The smallest absolute Gasteiger partial charge is 0.234 e. The highest BCUT2D eigenvalue weighted by Gasteiger charge is 2.19. The molecule has 1 amide bonds. The van der Waals surface area contributed by atoms with Crippen LogP contribution in [0.5, 0.6) is 0 Å². The number of benzene rings is 1. The molecule has 2 heterocycles. The molecule has 26 heavy (non-hydrogen) atoms. The summed E-state index contributed by atoms with van der Waals surface area (Å²) in [5.74, 6) is 0.908. The van der Waals surface area contributed by atoms with Crippen LogP contribution >= 0.6 is 12.2 Å². The van der Waals surface area contributed by atoms with Crippen LogP contribution < -0.4 is 5.32 Å². The molecule has 1 saturated heterocycles. The van der Waals surface area contributed by atoms with Crippen molar-refractivity contribution in [3.63, 3.8) is 0 Å². The number of hydrogen-bond acceptors (Lipinski definition) is 5. The number of carbonyl (C=O) groups is 1. The van der Waals surface area contributed by atoms with Crippen LogP contribution in [0.15, 0.2) is 30.3 Å². The fourth-order valence-electron chi connectivity index (χ4n) is 2.99. The zero-order valence-electron chi connectivity index (χ0n) is 15.1. The van der Waals surface area contributed by atoms with E-state index >= 15 is 0 Å². The molecule has 1 aliphatic heterocycles. The number of aromatic amines is 1. The van der Waals surface area contributed by atoms with Crippen molar-refractivity contribution in [2.45, 2.75) is 20.0 Å². The van der Waals surface area contributed by atoms with Gasteiger partial charge in [-0.3, -0.25) is 19.7 Å². The van der Waals surface area contributed by atoms with Gasteiger partial charge in [-0.2, -0.15) is 4.98 Å². The van der Waals surface area contributed by atoms with Crippen LogP contribution in [0, 0.1) is 4.77 Å². The first-order chi connectivity index (χ1) is 12.7. The van der Waals surface area contributed by atoms with Gasteiger partial charge in [0.05, 0.1) is 13.2 Å². The summed E-state index contributed by atoms with van der Waals surface area (Å²) in [6.45, 7) is 7.55. The fourth-order valence-corrected chi connectivity index (χ4v) is 3.18. The lowest BCUT2D eigenvalue weighted by Gasteiger charge is -2.34.